The lowest BCUT2D eigenvalue weighted by Gasteiger charge is -2.33. The van der Waals surface area contributed by atoms with Gasteiger partial charge in [0.25, 0.3) is 0 Å². The molecule has 1 aliphatic rings. The van der Waals surface area contributed by atoms with E-state index in [0.717, 1.165) is 37.2 Å². The maximum Gasteiger partial charge on any atom is 0.219 e. The summed E-state index contributed by atoms with van der Waals surface area (Å²) >= 11 is 0. The second kappa shape index (κ2) is 5.87. The number of rotatable bonds is 4. The topological polar surface area (TPSA) is 52.6 Å². The summed E-state index contributed by atoms with van der Waals surface area (Å²) in [6.07, 6.45) is 1.80. The van der Waals surface area contributed by atoms with E-state index in [4.69, 9.17) is 0 Å². The summed E-state index contributed by atoms with van der Waals surface area (Å²) < 4.78 is 0. The summed E-state index contributed by atoms with van der Waals surface area (Å²) in [6.45, 7) is 1.71. The van der Waals surface area contributed by atoms with Gasteiger partial charge in [-0.2, -0.15) is 0 Å². The average molecular weight is 248 g/mol. The highest BCUT2D eigenvalue weighted by molar-refractivity contribution is 5.75. The van der Waals surface area contributed by atoms with Gasteiger partial charge in [-0.3, -0.25) is 4.79 Å². The molecule has 1 aromatic rings. The molecule has 0 saturated carbocycles. The van der Waals surface area contributed by atoms with Crippen molar-refractivity contribution in [1.82, 2.24) is 5.32 Å². The molecule has 98 valence electrons. The molecule has 0 radical (unpaired) electrons. The van der Waals surface area contributed by atoms with E-state index in [2.05, 4.69) is 10.2 Å². The minimum Gasteiger partial charge on any atom is -0.388 e. The van der Waals surface area contributed by atoms with E-state index >= 15 is 0 Å². The van der Waals surface area contributed by atoms with E-state index < -0.39 is 0 Å². The fourth-order valence-electron chi connectivity index (χ4n) is 2.40. The van der Waals surface area contributed by atoms with Crippen LogP contribution in [0.5, 0.6) is 0 Å². The van der Waals surface area contributed by atoms with Crippen molar-refractivity contribution in [3.05, 3.63) is 29.8 Å². The Bertz CT molecular complexity index is 420. The number of anilines is 1. The van der Waals surface area contributed by atoms with Crippen molar-refractivity contribution in [3.63, 3.8) is 0 Å². The number of hydrogen-bond acceptors (Lipinski definition) is 3. The van der Waals surface area contributed by atoms with Crippen LogP contribution in [0.25, 0.3) is 0 Å². The van der Waals surface area contributed by atoms with Crippen molar-refractivity contribution in [1.29, 1.82) is 0 Å². The Balaban J connectivity index is 1.98. The monoisotopic (exact) mass is 248 g/mol. The van der Waals surface area contributed by atoms with Crippen molar-refractivity contribution >= 4 is 11.6 Å². The van der Waals surface area contributed by atoms with Crippen LogP contribution in [0.3, 0.4) is 0 Å². The first-order valence-corrected chi connectivity index (χ1v) is 6.45. The largest absolute Gasteiger partial charge is 0.388 e. The molecule has 4 heteroatoms. The maximum absolute atomic E-state index is 11.2. The third-order valence-corrected chi connectivity index (χ3v) is 3.42. The summed E-state index contributed by atoms with van der Waals surface area (Å²) in [5, 5.41) is 12.6. The Morgan fingerprint density at radius 1 is 1.50 bits per heavy atom. The van der Waals surface area contributed by atoms with Crippen LogP contribution < -0.4 is 10.2 Å². The van der Waals surface area contributed by atoms with Crippen LogP contribution >= 0.6 is 0 Å². The minimum absolute atomic E-state index is 0.0836. The summed E-state index contributed by atoms with van der Waals surface area (Å²) in [5.74, 6) is 0.0836. The number of aliphatic hydroxyl groups excluding tert-OH is 1. The first kappa shape index (κ1) is 12.9. The van der Waals surface area contributed by atoms with Gasteiger partial charge in [-0.1, -0.05) is 18.2 Å². The van der Waals surface area contributed by atoms with Gasteiger partial charge < -0.3 is 15.3 Å². The second-order valence-electron chi connectivity index (χ2n) is 4.63. The van der Waals surface area contributed by atoms with E-state index in [0.29, 0.717) is 6.42 Å². The number of para-hydroxylation sites is 1. The molecule has 0 spiro atoms. The first-order chi connectivity index (χ1) is 8.72. The quantitative estimate of drug-likeness (QED) is 0.848. The van der Waals surface area contributed by atoms with Crippen LogP contribution in [0.4, 0.5) is 5.69 Å². The molecule has 0 fully saturated rings. The van der Waals surface area contributed by atoms with E-state index in [1.54, 1.807) is 7.05 Å². The molecule has 1 heterocycles. The zero-order chi connectivity index (χ0) is 13.0. The fourth-order valence-corrected chi connectivity index (χ4v) is 2.40. The average Bonchev–Trinajstić information content (AvgIpc) is 2.41. The first-order valence-electron chi connectivity index (χ1n) is 6.45. The Hall–Kier alpha value is -1.55. The van der Waals surface area contributed by atoms with E-state index in [-0.39, 0.29) is 12.0 Å². The number of nitrogens with one attached hydrogen (secondary N) is 1. The highest BCUT2D eigenvalue weighted by Gasteiger charge is 2.22. The molecular formula is C14H20N2O2. The molecule has 1 amide bonds. The van der Waals surface area contributed by atoms with E-state index in [9.17, 15) is 9.90 Å². The van der Waals surface area contributed by atoms with Gasteiger partial charge in [-0.25, -0.2) is 0 Å². The molecule has 2 N–H and O–H groups in total. The second-order valence-corrected chi connectivity index (χ2v) is 4.63. The van der Waals surface area contributed by atoms with Gasteiger partial charge in [0.05, 0.1) is 6.10 Å². The standard InChI is InChI=1S/C14H20N2O2/c1-15-14(18)7-4-9-16-10-8-13(17)11-5-2-3-6-12(11)16/h2-3,5-6,13,17H,4,7-10H2,1H3,(H,15,18). The zero-order valence-corrected chi connectivity index (χ0v) is 10.7. The van der Waals surface area contributed by atoms with Gasteiger partial charge in [-0.15, -0.1) is 0 Å². The van der Waals surface area contributed by atoms with Crippen molar-refractivity contribution in [2.24, 2.45) is 0 Å². The Kier molecular flexibility index (Phi) is 4.20. The molecule has 0 aromatic heterocycles. The number of aliphatic hydroxyl groups is 1. The predicted octanol–water partition coefficient (Wildman–Crippen LogP) is 1.46. The molecule has 0 aliphatic carbocycles. The summed E-state index contributed by atoms with van der Waals surface area (Å²) in [5.41, 5.74) is 2.11. The summed E-state index contributed by atoms with van der Waals surface area (Å²) in [7, 11) is 1.66. The number of nitrogens with zero attached hydrogens (tertiary/aromatic N) is 1. The van der Waals surface area contributed by atoms with Gasteiger partial charge >= 0.3 is 0 Å². The molecule has 4 nitrogen and oxygen atoms in total. The van der Waals surface area contributed by atoms with Crippen LogP contribution in [0.15, 0.2) is 24.3 Å². The smallest absolute Gasteiger partial charge is 0.219 e. The Labute approximate surface area is 108 Å². The normalized spacial score (nSPS) is 18.3. The van der Waals surface area contributed by atoms with Gasteiger partial charge in [0, 0.05) is 37.8 Å². The van der Waals surface area contributed by atoms with Crippen LogP contribution in [0, 0.1) is 0 Å². The molecule has 1 aromatic carbocycles. The lowest BCUT2D eigenvalue weighted by atomic mass is 9.98. The van der Waals surface area contributed by atoms with Crippen molar-refractivity contribution in [2.45, 2.75) is 25.4 Å². The van der Waals surface area contributed by atoms with E-state index in [1.807, 2.05) is 24.3 Å². The van der Waals surface area contributed by atoms with Crippen LogP contribution in [0.2, 0.25) is 0 Å². The molecule has 1 unspecified atom stereocenters. The lowest BCUT2D eigenvalue weighted by molar-refractivity contribution is -0.120. The fraction of sp³-hybridized carbons (Fsp3) is 0.500. The molecule has 2 rings (SSSR count). The number of amides is 1. The van der Waals surface area contributed by atoms with Gasteiger partial charge in [-0.05, 0) is 18.9 Å². The van der Waals surface area contributed by atoms with Crippen LogP contribution in [-0.4, -0.2) is 31.2 Å². The van der Waals surface area contributed by atoms with Crippen LogP contribution in [0.1, 0.15) is 30.9 Å². The lowest BCUT2D eigenvalue weighted by Crippen LogP contribution is -2.32. The maximum atomic E-state index is 11.2. The highest BCUT2D eigenvalue weighted by Crippen LogP contribution is 2.33. The minimum atomic E-state index is -0.351. The predicted molar refractivity (Wildman–Crippen MR) is 71.5 cm³/mol. The van der Waals surface area contributed by atoms with Crippen molar-refractivity contribution in [2.75, 3.05) is 25.0 Å². The van der Waals surface area contributed by atoms with Gasteiger partial charge in [0.15, 0.2) is 0 Å². The summed E-state index contributed by atoms with van der Waals surface area (Å²) in [4.78, 5) is 13.4. The molecule has 1 aliphatic heterocycles. The van der Waals surface area contributed by atoms with E-state index in [1.165, 1.54) is 0 Å². The van der Waals surface area contributed by atoms with Crippen molar-refractivity contribution < 1.29 is 9.90 Å². The number of benzene rings is 1. The molecule has 1 atom stereocenters. The molecule has 0 bridgehead atoms. The zero-order valence-electron chi connectivity index (χ0n) is 10.7. The Morgan fingerprint density at radius 3 is 3.06 bits per heavy atom. The summed E-state index contributed by atoms with van der Waals surface area (Å²) in [6, 6.07) is 7.96. The van der Waals surface area contributed by atoms with Crippen LogP contribution in [-0.2, 0) is 4.79 Å². The van der Waals surface area contributed by atoms with Gasteiger partial charge in [0.1, 0.15) is 0 Å². The third kappa shape index (κ3) is 2.82. The molecule has 18 heavy (non-hydrogen) atoms. The highest BCUT2D eigenvalue weighted by atomic mass is 16.3. The molecule has 0 saturated heterocycles. The number of fused-ring (bicyclic) bond motifs is 1. The van der Waals surface area contributed by atoms with Gasteiger partial charge in [0.2, 0.25) is 5.91 Å². The number of carbonyl (C=O) groups excluding carboxylic acids is 1. The third-order valence-electron chi connectivity index (χ3n) is 3.42. The Morgan fingerprint density at radius 2 is 2.28 bits per heavy atom. The number of hydrogen-bond donors (Lipinski definition) is 2. The SMILES string of the molecule is CNC(=O)CCCN1CCC(O)c2ccccc21. The van der Waals surface area contributed by atoms with Crippen molar-refractivity contribution in [3.8, 4) is 0 Å². The number of carbonyl (C=O) groups is 1. The molecular weight excluding hydrogens is 228 g/mol.